The topological polar surface area (TPSA) is 59.6 Å². The molecule has 0 bridgehead atoms. The molecule has 106 valence electrons. The van der Waals surface area contributed by atoms with E-state index in [1.54, 1.807) is 20.3 Å². The predicted octanol–water partition coefficient (Wildman–Crippen LogP) is 2.93. The summed E-state index contributed by atoms with van der Waals surface area (Å²) < 4.78 is 10.5. The number of aryl methyl sites for hydroxylation is 1. The van der Waals surface area contributed by atoms with E-state index in [0.29, 0.717) is 17.2 Å². The fourth-order valence-corrected chi connectivity index (χ4v) is 1.64. The predicted molar refractivity (Wildman–Crippen MR) is 76.2 cm³/mol. The average molecular weight is 266 g/mol. The standard InChI is InChI=1S/C14H22N2O3/c1-9-7-12(19-6)10(8-11(9)18-5)15-13(17)16-14(2,3)4/h7-8H,1-6H3,(H2,15,16,17). The van der Waals surface area contributed by atoms with Crippen molar-refractivity contribution in [1.82, 2.24) is 5.32 Å². The molecule has 0 spiro atoms. The number of urea groups is 1. The van der Waals surface area contributed by atoms with Crippen LogP contribution < -0.4 is 20.1 Å². The third kappa shape index (κ3) is 4.35. The van der Waals surface area contributed by atoms with E-state index >= 15 is 0 Å². The van der Waals surface area contributed by atoms with Gasteiger partial charge in [-0.3, -0.25) is 0 Å². The van der Waals surface area contributed by atoms with Crippen LogP contribution in [0.1, 0.15) is 26.3 Å². The smallest absolute Gasteiger partial charge is 0.319 e. The van der Waals surface area contributed by atoms with Crippen LogP contribution in [0.5, 0.6) is 11.5 Å². The van der Waals surface area contributed by atoms with Gasteiger partial charge in [0.2, 0.25) is 0 Å². The Hall–Kier alpha value is -1.91. The number of hydrogen-bond acceptors (Lipinski definition) is 3. The fraction of sp³-hybridized carbons (Fsp3) is 0.500. The number of nitrogens with one attached hydrogen (secondary N) is 2. The van der Waals surface area contributed by atoms with Crippen molar-refractivity contribution in [1.29, 1.82) is 0 Å². The van der Waals surface area contributed by atoms with Gasteiger partial charge in [0.25, 0.3) is 0 Å². The van der Waals surface area contributed by atoms with Crippen LogP contribution in [-0.4, -0.2) is 25.8 Å². The van der Waals surface area contributed by atoms with Gasteiger partial charge in [0, 0.05) is 11.6 Å². The molecule has 0 aliphatic carbocycles. The number of carbonyl (C=O) groups excluding carboxylic acids is 1. The van der Waals surface area contributed by atoms with E-state index in [2.05, 4.69) is 10.6 Å². The molecule has 1 aromatic carbocycles. The third-order valence-electron chi connectivity index (χ3n) is 2.45. The molecule has 5 heteroatoms. The van der Waals surface area contributed by atoms with E-state index in [-0.39, 0.29) is 11.6 Å². The average Bonchev–Trinajstić information content (AvgIpc) is 2.28. The molecule has 0 fully saturated rings. The number of hydrogen-bond donors (Lipinski definition) is 2. The third-order valence-corrected chi connectivity index (χ3v) is 2.45. The highest BCUT2D eigenvalue weighted by Crippen LogP contribution is 2.32. The first kappa shape index (κ1) is 15.1. The molecule has 1 aromatic rings. The van der Waals surface area contributed by atoms with Gasteiger partial charge in [0.15, 0.2) is 0 Å². The highest BCUT2D eigenvalue weighted by atomic mass is 16.5. The maximum absolute atomic E-state index is 11.9. The number of carbonyl (C=O) groups is 1. The summed E-state index contributed by atoms with van der Waals surface area (Å²) in [6, 6.07) is 3.29. The molecule has 1 rings (SSSR count). The first-order valence-corrected chi connectivity index (χ1v) is 6.08. The summed E-state index contributed by atoms with van der Waals surface area (Å²) in [6.45, 7) is 7.67. The first-order chi connectivity index (χ1) is 8.76. The van der Waals surface area contributed by atoms with Gasteiger partial charge in [0.05, 0.1) is 19.9 Å². The molecule has 0 radical (unpaired) electrons. The molecule has 0 saturated heterocycles. The number of benzene rings is 1. The van der Waals surface area contributed by atoms with Gasteiger partial charge in [-0.05, 0) is 39.3 Å². The SMILES string of the molecule is COc1cc(NC(=O)NC(C)(C)C)c(OC)cc1C. The Kier molecular flexibility index (Phi) is 4.64. The summed E-state index contributed by atoms with van der Waals surface area (Å²) in [4.78, 5) is 11.9. The van der Waals surface area contributed by atoms with Crippen molar-refractivity contribution < 1.29 is 14.3 Å². The van der Waals surface area contributed by atoms with Crippen molar-refractivity contribution in [3.8, 4) is 11.5 Å². The highest BCUT2D eigenvalue weighted by molar-refractivity contribution is 5.91. The Morgan fingerprint density at radius 3 is 2.16 bits per heavy atom. The first-order valence-electron chi connectivity index (χ1n) is 6.08. The van der Waals surface area contributed by atoms with Crippen molar-refractivity contribution in [2.75, 3.05) is 19.5 Å². The normalized spacial score (nSPS) is 10.8. The quantitative estimate of drug-likeness (QED) is 0.884. The summed E-state index contributed by atoms with van der Waals surface area (Å²) in [5, 5.41) is 5.59. The van der Waals surface area contributed by atoms with Crippen LogP contribution in [0.2, 0.25) is 0 Å². The van der Waals surface area contributed by atoms with Gasteiger partial charge in [-0.1, -0.05) is 0 Å². The van der Waals surface area contributed by atoms with Crippen LogP contribution in [0, 0.1) is 6.92 Å². The number of methoxy groups -OCH3 is 2. The molecule has 2 N–H and O–H groups in total. The highest BCUT2D eigenvalue weighted by Gasteiger charge is 2.16. The molecule has 0 aliphatic rings. The minimum absolute atomic E-state index is 0.281. The van der Waals surface area contributed by atoms with Crippen molar-refractivity contribution in [3.05, 3.63) is 17.7 Å². The maximum atomic E-state index is 11.9. The molecule has 2 amide bonds. The van der Waals surface area contributed by atoms with Crippen LogP contribution >= 0.6 is 0 Å². The van der Waals surface area contributed by atoms with Crippen molar-refractivity contribution in [3.63, 3.8) is 0 Å². The molecule has 0 heterocycles. The van der Waals surface area contributed by atoms with Gasteiger partial charge < -0.3 is 20.1 Å². The molecule has 0 aliphatic heterocycles. The van der Waals surface area contributed by atoms with Crippen LogP contribution in [0.15, 0.2) is 12.1 Å². The van der Waals surface area contributed by atoms with Gasteiger partial charge >= 0.3 is 6.03 Å². The van der Waals surface area contributed by atoms with E-state index < -0.39 is 0 Å². The van der Waals surface area contributed by atoms with Gasteiger partial charge in [-0.2, -0.15) is 0 Å². The van der Waals surface area contributed by atoms with E-state index in [9.17, 15) is 4.79 Å². The maximum Gasteiger partial charge on any atom is 0.319 e. The molecule has 0 saturated carbocycles. The van der Waals surface area contributed by atoms with Crippen molar-refractivity contribution in [2.24, 2.45) is 0 Å². The van der Waals surface area contributed by atoms with E-state index in [1.807, 2.05) is 33.8 Å². The summed E-state index contributed by atoms with van der Waals surface area (Å²) in [6.07, 6.45) is 0. The van der Waals surface area contributed by atoms with Crippen molar-refractivity contribution >= 4 is 11.7 Å². The molecule has 0 unspecified atom stereocenters. The van der Waals surface area contributed by atoms with Crippen LogP contribution in [-0.2, 0) is 0 Å². The van der Waals surface area contributed by atoms with E-state index in [4.69, 9.17) is 9.47 Å². The lowest BCUT2D eigenvalue weighted by Crippen LogP contribution is -2.43. The minimum Gasteiger partial charge on any atom is -0.496 e. The van der Waals surface area contributed by atoms with E-state index in [1.165, 1.54) is 0 Å². The largest absolute Gasteiger partial charge is 0.496 e. The zero-order valence-electron chi connectivity index (χ0n) is 12.4. The number of anilines is 1. The Morgan fingerprint density at radius 2 is 1.68 bits per heavy atom. The monoisotopic (exact) mass is 266 g/mol. The summed E-state index contributed by atoms with van der Waals surface area (Å²) in [5.74, 6) is 1.30. The van der Waals surface area contributed by atoms with Crippen LogP contribution in [0.3, 0.4) is 0 Å². The Morgan fingerprint density at radius 1 is 1.11 bits per heavy atom. The Labute approximate surface area is 114 Å². The second-order valence-corrected chi connectivity index (χ2v) is 5.35. The summed E-state index contributed by atoms with van der Waals surface area (Å²) in [7, 11) is 3.15. The molecule has 5 nitrogen and oxygen atoms in total. The summed E-state index contributed by atoms with van der Waals surface area (Å²) >= 11 is 0. The molecule has 0 atom stereocenters. The molecule has 19 heavy (non-hydrogen) atoms. The van der Waals surface area contributed by atoms with Crippen molar-refractivity contribution in [2.45, 2.75) is 33.2 Å². The lowest BCUT2D eigenvalue weighted by Gasteiger charge is -2.21. The lowest BCUT2D eigenvalue weighted by molar-refractivity contribution is 0.243. The molecule has 0 aromatic heterocycles. The molecular weight excluding hydrogens is 244 g/mol. The second-order valence-electron chi connectivity index (χ2n) is 5.35. The number of ether oxygens (including phenoxy) is 2. The fourth-order valence-electron chi connectivity index (χ4n) is 1.64. The summed E-state index contributed by atoms with van der Waals surface area (Å²) in [5.41, 5.74) is 1.22. The van der Waals surface area contributed by atoms with Gasteiger partial charge in [-0.15, -0.1) is 0 Å². The van der Waals surface area contributed by atoms with Gasteiger partial charge in [-0.25, -0.2) is 4.79 Å². The zero-order valence-corrected chi connectivity index (χ0v) is 12.4. The Balaban J connectivity index is 2.96. The number of rotatable bonds is 3. The zero-order chi connectivity index (χ0) is 14.6. The second kappa shape index (κ2) is 5.82. The van der Waals surface area contributed by atoms with Gasteiger partial charge in [0.1, 0.15) is 11.5 Å². The van der Waals surface area contributed by atoms with E-state index in [0.717, 1.165) is 5.56 Å². The van der Waals surface area contributed by atoms with Crippen LogP contribution in [0.4, 0.5) is 10.5 Å². The Bertz CT molecular complexity index is 464. The number of amides is 2. The van der Waals surface area contributed by atoms with Crippen LogP contribution in [0.25, 0.3) is 0 Å². The lowest BCUT2D eigenvalue weighted by atomic mass is 10.1. The minimum atomic E-state index is -0.300. The molecular formula is C14H22N2O3.